The Hall–Kier alpha value is -1.46. The smallest absolute Gasteiger partial charge is 0.0955 e. The third-order valence-electron chi connectivity index (χ3n) is 2.82. The van der Waals surface area contributed by atoms with Crippen LogP contribution < -0.4 is 4.90 Å². The minimum atomic E-state index is 0.0404. The van der Waals surface area contributed by atoms with Crippen LogP contribution in [0.15, 0.2) is 24.3 Å². The quantitative estimate of drug-likeness (QED) is 0.738. The van der Waals surface area contributed by atoms with Gasteiger partial charge in [-0.25, -0.2) is 0 Å². The van der Waals surface area contributed by atoms with Crippen molar-refractivity contribution < 1.29 is 4.74 Å². The molecule has 0 spiro atoms. The summed E-state index contributed by atoms with van der Waals surface area (Å²) in [4.78, 5) is 2.08. The topological polar surface area (TPSA) is 12.5 Å². The summed E-state index contributed by atoms with van der Waals surface area (Å²) in [5, 5.41) is 0. The highest BCUT2D eigenvalue weighted by Crippen LogP contribution is 2.26. The van der Waals surface area contributed by atoms with E-state index in [4.69, 9.17) is 4.74 Å². The number of benzene rings is 1. The van der Waals surface area contributed by atoms with E-state index in [1.807, 2.05) is 21.0 Å². The molecule has 0 bridgehead atoms. The Balaban J connectivity index is 2.92. The summed E-state index contributed by atoms with van der Waals surface area (Å²) >= 11 is 0. The van der Waals surface area contributed by atoms with Crippen LogP contribution >= 0.6 is 0 Å². The van der Waals surface area contributed by atoms with Gasteiger partial charge in [-0.15, -0.1) is 5.92 Å². The molecule has 0 aliphatic rings. The van der Waals surface area contributed by atoms with Gasteiger partial charge in [0.1, 0.15) is 0 Å². The number of hydrogen-bond donors (Lipinski definition) is 0. The van der Waals surface area contributed by atoms with E-state index in [0.29, 0.717) is 0 Å². The molecule has 2 unspecified atom stereocenters. The Morgan fingerprint density at radius 1 is 1.18 bits per heavy atom. The van der Waals surface area contributed by atoms with Gasteiger partial charge in [-0.3, -0.25) is 0 Å². The molecule has 17 heavy (non-hydrogen) atoms. The van der Waals surface area contributed by atoms with E-state index in [9.17, 15) is 0 Å². The molecule has 92 valence electrons. The van der Waals surface area contributed by atoms with Crippen molar-refractivity contribution in [3.63, 3.8) is 0 Å². The van der Waals surface area contributed by atoms with Crippen molar-refractivity contribution in [3.8, 4) is 11.8 Å². The van der Waals surface area contributed by atoms with E-state index >= 15 is 0 Å². The molecule has 0 radical (unpaired) electrons. The number of rotatable bonds is 4. The second kappa shape index (κ2) is 6.32. The number of anilines is 1. The van der Waals surface area contributed by atoms with Crippen LogP contribution in [0.2, 0.25) is 0 Å². The zero-order valence-electron chi connectivity index (χ0n) is 11.3. The zero-order chi connectivity index (χ0) is 12.8. The first-order chi connectivity index (χ1) is 8.10. The van der Waals surface area contributed by atoms with Gasteiger partial charge in [0.15, 0.2) is 0 Å². The predicted octanol–water partition coefficient (Wildman–Crippen LogP) is 3.10. The molecule has 2 nitrogen and oxygen atoms in total. The highest BCUT2D eigenvalue weighted by atomic mass is 16.5. The maximum Gasteiger partial charge on any atom is 0.0955 e. The average Bonchev–Trinajstić information content (AvgIpc) is 2.31. The fourth-order valence-corrected chi connectivity index (χ4v) is 1.89. The molecule has 0 amide bonds. The lowest BCUT2D eigenvalue weighted by atomic mass is 9.97. The van der Waals surface area contributed by atoms with Gasteiger partial charge in [0, 0.05) is 32.8 Å². The number of hydrogen-bond acceptors (Lipinski definition) is 2. The van der Waals surface area contributed by atoms with Crippen LogP contribution in [0.1, 0.15) is 25.5 Å². The van der Waals surface area contributed by atoms with Crippen molar-refractivity contribution in [3.05, 3.63) is 29.8 Å². The summed E-state index contributed by atoms with van der Waals surface area (Å²) in [5.74, 6) is 6.29. The van der Waals surface area contributed by atoms with Crippen LogP contribution in [0.5, 0.6) is 0 Å². The Kier molecular flexibility index (Phi) is 5.06. The van der Waals surface area contributed by atoms with Crippen molar-refractivity contribution in [2.24, 2.45) is 5.92 Å². The molecule has 0 aromatic heterocycles. The minimum absolute atomic E-state index is 0.0404. The van der Waals surface area contributed by atoms with Crippen molar-refractivity contribution in [1.29, 1.82) is 0 Å². The van der Waals surface area contributed by atoms with Gasteiger partial charge < -0.3 is 9.64 Å². The van der Waals surface area contributed by atoms with Crippen LogP contribution in [-0.2, 0) is 4.74 Å². The molecule has 0 heterocycles. The van der Waals surface area contributed by atoms with Gasteiger partial charge in [-0.1, -0.05) is 18.1 Å². The highest BCUT2D eigenvalue weighted by molar-refractivity contribution is 5.46. The van der Waals surface area contributed by atoms with Gasteiger partial charge in [0.05, 0.1) is 6.10 Å². The second-order valence-electron chi connectivity index (χ2n) is 4.33. The summed E-state index contributed by atoms with van der Waals surface area (Å²) in [6.45, 7) is 3.95. The maximum absolute atomic E-state index is 5.53. The maximum atomic E-state index is 5.53. The first kappa shape index (κ1) is 13.6. The van der Waals surface area contributed by atoms with Crippen molar-refractivity contribution >= 4 is 5.69 Å². The first-order valence-electron chi connectivity index (χ1n) is 5.82. The molecule has 2 heteroatoms. The number of ether oxygens (including phenoxy) is 1. The summed E-state index contributed by atoms with van der Waals surface area (Å²) in [7, 11) is 5.81. The van der Waals surface area contributed by atoms with Crippen LogP contribution in [-0.4, -0.2) is 21.2 Å². The van der Waals surface area contributed by atoms with Crippen LogP contribution in [0.25, 0.3) is 0 Å². The minimum Gasteiger partial charge on any atom is -0.378 e. The lowest BCUT2D eigenvalue weighted by Gasteiger charge is -2.20. The lowest BCUT2D eigenvalue weighted by Crippen LogP contribution is -2.12. The molecule has 0 fully saturated rings. The molecule has 1 aromatic rings. The van der Waals surface area contributed by atoms with Gasteiger partial charge in [0.25, 0.3) is 0 Å². The highest BCUT2D eigenvalue weighted by Gasteiger charge is 2.16. The normalized spacial score (nSPS) is 13.5. The molecule has 1 aromatic carbocycles. The van der Waals surface area contributed by atoms with E-state index < -0.39 is 0 Å². The second-order valence-corrected chi connectivity index (χ2v) is 4.33. The Morgan fingerprint density at radius 2 is 1.76 bits per heavy atom. The fraction of sp³-hybridized carbons (Fsp3) is 0.467. The Morgan fingerprint density at radius 3 is 2.18 bits per heavy atom. The lowest BCUT2D eigenvalue weighted by molar-refractivity contribution is 0.0771. The number of nitrogens with zero attached hydrogens (tertiary/aromatic N) is 1. The third kappa shape index (κ3) is 3.51. The molecular formula is C15H21NO. The monoisotopic (exact) mass is 231 g/mol. The molecule has 0 N–H and O–H groups in total. The molecule has 2 atom stereocenters. The van der Waals surface area contributed by atoms with E-state index in [-0.39, 0.29) is 12.0 Å². The molecule has 0 aliphatic heterocycles. The van der Waals surface area contributed by atoms with Gasteiger partial charge in [-0.05, 0) is 31.5 Å². The van der Waals surface area contributed by atoms with Crippen molar-refractivity contribution in [2.75, 3.05) is 26.1 Å². The fourth-order valence-electron chi connectivity index (χ4n) is 1.89. The first-order valence-corrected chi connectivity index (χ1v) is 5.82. The van der Waals surface area contributed by atoms with E-state index in [1.165, 1.54) is 11.3 Å². The molecule has 0 saturated heterocycles. The standard InChI is InChI=1S/C15H21NO/c1-6-7-12(2)15(17-5)13-8-10-14(11-9-13)16(3)4/h8-12,15H,1-5H3. The zero-order valence-corrected chi connectivity index (χ0v) is 11.3. The van der Waals surface area contributed by atoms with Gasteiger partial charge in [0.2, 0.25) is 0 Å². The van der Waals surface area contributed by atoms with Gasteiger partial charge in [-0.2, -0.15) is 0 Å². The Bertz CT molecular complexity index is 397. The summed E-state index contributed by atoms with van der Waals surface area (Å²) < 4.78 is 5.53. The van der Waals surface area contributed by atoms with Crippen LogP contribution in [0, 0.1) is 17.8 Å². The third-order valence-corrected chi connectivity index (χ3v) is 2.82. The van der Waals surface area contributed by atoms with Crippen molar-refractivity contribution in [2.45, 2.75) is 20.0 Å². The average molecular weight is 231 g/mol. The SMILES string of the molecule is CC#CC(C)C(OC)c1ccc(N(C)C)cc1. The van der Waals surface area contributed by atoms with Gasteiger partial charge >= 0.3 is 0 Å². The largest absolute Gasteiger partial charge is 0.378 e. The summed E-state index contributed by atoms with van der Waals surface area (Å²) in [5.41, 5.74) is 2.37. The predicted molar refractivity (Wildman–Crippen MR) is 73.1 cm³/mol. The summed E-state index contributed by atoms with van der Waals surface area (Å²) in [6, 6.07) is 8.43. The molecule has 0 saturated carbocycles. The molecular weight excluding hydrogens is 210 g/mol. The molecule has 0 aliphatic carbocycles. The molecule has 1 rings (SSSR count). The Labute approximate surface area is 105 Å². The number of methoxy groups -OCH3 is 1. The van der Waals surface area contributed by atoms with Crippen LogP contribution in [0.3, 0.4) is 0 Å². The van der Waals surface area contributed by atoms with E-state index in [2.05, 4.69) is 47.9 Å². The van der Waals surface area contributed by atoms with Crippen molar-refractivity contribution in [1.82, 2.24) is 0 Å². The van der Waals surface area contributed by atoms with Crippen LogP contribution in [0.4, 0.5) is 5.69 Å². The summed E-state index contributed by atoms with van der Waals surface area (Å²) in [6.07, 6.45) is 0.0404. The van der Waals surface area contributed by atoms with E-state index in [1.54, 1.807) is 7.11 Å². The van der Waals surface area contributed by atoms with E-state index in [0.717, 1.165) is 0 Å².